The molecule has 3 rings (SSSR count). The predicted octanol–water partition coefficient (Wildman–Crippen LogP) is 2.19. The molecule has 1 aromatic rings. The van der Waals surface area contributed by atoms with Gasteiger partial charge in [0.15, 0.2) is 0 Å². The van der Waals surface area contributed by atoms with E-state index < -0.39 is 0 Å². The van der Waals surface area contributed by atoms with Crippen molar-refractivity contribution in [2.75, 3.05) is 20.2 Å². The highest BCUT2D eigenvalue weighted by Crippen LogP contribution is 2.27. The SMILES string of the molecule is CC(CNCc1ccc2c(c1)CCO2)N(C)C1CC1. The van der Waals surface area contributed by atoms with Gasteiger partial charge in [-0.25, -0.2) is 0 Å². The molecule has 0 saturated heterocycles. The molecule has 1 saturated carbocycles. The Labute approximate surface area is 115 Å². The fourth-order valence-electron chi connectivity index (χ4n) is 2.76. The lowest BCUT2D eigenvalue weighted by molar-refractivity contribution is 0.241. The molecule has 1 unspecified atom stereocenters. The number of likely N-dealkylation sites (N-methyl/N-ethyl adjacent to an activating group) is 1. The summed E-state index contributed by atoms with van der Waals surface area (Å²) in [7, 11) is 2.25. The molecular weight excluding hydrogens is 236 g/mol. The Morgan fingerprint density at radius 1 is 1.42 bits per heavy atom. The first-order valence-corrected chi connectivity index (χ1v) is 7.41. The smallest absolute Gasteiger partial charge is 0.122 e. The highest BCUT2D eigenvalue weighted by Gasteiger charge is 2.28. The van der Waals surface area contributed by atoms with Crippen molar-refractivity contribution in [2.24, 2.45) is 0 Å². The summed E-state index contributed by atoms with van der Waals surface area (Å²) in [5, 5.41) is 3.57. The largest absolute Gasteiger partial charge is 0.493 e. The maximum Gasteiger partial charge on any atom is 0.122 e. The van der Waals surface area contributed by atoms with E-state index >= 15 is 0 Å². The second-order valence-electron chi connectivity index (χ2n) is 5.92. The number of ether oxygens (including phenoxy) is 1. The summed E-state index contributed by atoms with van der Waals surface area (Å²) < 4.78 is 5.53. The van der Waals surface area contributed by atoms with E-state index in [-0.39, 0.29) is 0 Å². The lowest BCUT2D eigenvalue weighted by atomic mass is 10.1. The van der Waals surface area contributed by atoms with Crippen LogP contribution in [0.1, 0.15) is 30.9 Å². The molecule has 104 valence electrons. The summed E-state index contributed by atoms with van der Waals surface area (Å²) in [6.07, 6.45) is 3.82. The number of fused-ring (bicyclic) bond motifs is 1. The summed E-state index contributed by atoms with van der Waals surface area (Å²) in [6.45, 7) is 5.16. The van der Waals surface area contributed by atoms with E-state index in [1.807, 2.05) is 0 Å². The van der Waals surface area contributed by atoms with Crippen molar-refractivity contribution in [3.63, 3.8) is 0 Å². The fraction of sp³-hybridized carbons (Fsp3) is 0.625. The topological polar surface area (TPSA) is 24.5 Å². The summed E-state index contributed by atoms with van der Waals surface area (Å²) in [6, 6.07) is 8.02. The maximum absolute atomic E-state index is 5.53. The van der Waals surface area contributed by atoms with Crippen LogP contribution in [0.2, 0.25) is 0 Å². The second kappa shape index (κ2) is 5.51. The molecule has 1 aliphatic carbocycles. The van der Waals surface area contributed by atoms with Gasteiger partial charge < -0.3 is 10.1 Å². The van der Waals surface area contributed by atoms with Crippen molar-refractivity contribution in [1.29, 1.82) is 0 Å². The van der Waals surface area contributed by atoms with Gasteiger partial charge in [-0.05, 0) is 44.0 Å². The first-order valence-electron chi connectivity index (χ1n) is 7.41. The van der Waals surface area contributed by atoms with Gasteiger partial charge in [0.1, 0.15) is 5.75 Å². The molecule has 1 N–H and O–H groups in total. The Balaban J connectivity index is 1.46. The van der Waals surface area contributed by atoms with E-state index in [2.05, 4.69) is 42.4 Å². The van der Waals surface area contributed by atoms with Crippen LogP contribution in [-0.4, -0.2) is 37.2 Å². The molecular formula is C16H24N2O. The molecule has 1 aromatic carbocycles. The van der Waals surface area contributed by atoms with Crippen molar-refractivity contribution >= 4 is 0 Å². The molecule has 1 atom stereocenters. The Morgan fingerprint density at radius 3 is 3.05 bits per heavy atom. The zero-order chi connectivity index (χ0) is 13.2. The minimum Gasteiger partial charge on any atom is -0.493 e. The molecule has 0 bridgehead atoms. The van der Waals surface area contributed by atoms with Gasteiger partial charge in [0, 0.05) is 31.6 Å². The Morgan fingerprint density at radius 2 is 2.26 bits per heavy atom. The normalized spacial score (nSPS) is 19.3. The van der Waals surface area contributed by atoms with Gasteiger partial charge in [-0.3, -0.25) is 4.90 Å². The van der Waals surface area contributed by atoms with Crippen LogP contribution >= 0.6 is 0 Å². The third kappa shape index (κ3) is 3.10. The standard InChI is InChI=1S/C16H24N2O/c1-12(18(2)15-4-5-15)10-17-11-13-3-6-16-14(9-13)7-8-19-16/h3,6,9,12,15,17H,4-5,7-8,10-11H2,1-2H3. The van der Waals surface area contributed by atoms with Crippen molar-refractivity contribution in [3.8, 4) is 5.75 Å². The van der Waals surface area contributed by atoms with Gasteiger partial charge in [-0.2, -0.15) is 0 Å². The molecule has 19 heavy (non-hydrogen) atoms. The van der Waals surface area contributed by atoms with E-state index in [1.165, 1.54) is 24.0 Å². The fourth-order valence-corrected chi connectivity index (χ4v) is 2.76. The Kier molecular flexibility index (Phi) is 3.76. The predicted molar refractivity (Wildman–Crippen MR) is 77.6 cm³/mol. The lowest BCUT2D eigenvalue weighted by Gasteiger charge is -2.24. The highest BCUT2D eigenvalue weighted by atomic mass is 16.5. The van der Waals surface area contributed by atoms with Crippen LogP contribution in [-0.2, 0) is 13.0 Å². The van der Waals surface area contributed by atoms with Crippen LogP contribution in [0, 0.1) is 0 Å². The summed E-state index contributed by atoms with van der Waals surface area (Å²) in [5.74, 6) is 1.07. The number of hydrogen-bond donors (Lipinski definition) is 1. The Hall–Kier alpha value is -1.06. The summed E-state index contributed by atoms with van der Waals surface area (Å²) in [5.41, 5.74) is 2.73. The second-order valence-corrected chi connectivity index (χ2v) is 5.92. The summed E-state index contributed by atoms with van der Waals surface area (Å²) in [4.78, 5) is 2.50. The van der Waals surface area contributed by atoms with Crippen molar-refractivity contribution in [3.05, 3.63) is 29.3 Å². The van der Waals surface area contributed by atoms with Crippen molar-refractivity contribution in [1.82, 2.24) is 10.2 Å². The van der Waals surface area contributed by atoms with Gasteiger partial charge in [-0.1, -0.05) is 12.1 Å². The van der Waals surface area contributed by atoms with Crippen molar-refractivity contribution < 1.29 is 4.74 Å². The van der Waals surface area contributed by atoms with E-state index in [0.717, 1.165) is 37.9 Å². The van der Waals surface area contributed by atoms with Crippen LogP contribution in [0.15, 0.2) is 18.2 Å². The monoisotopic (exact) mass is 260 g/mol. The quantitative estimate of drug-likeness (QED) is 0.848. The molecule has 0 radical (unpaired) electrons. The molecule has 0 aromatic heterocycles. The van der Waals surface area contributed by atoms with Crippen LogP contribution in [0.5, 0.6) is 5.75 Å². The summed E-state index contributed by atoms with van der Waals surface area (Å²) >= 11 is 0. The average Bonchev–Trinajstić information content (AvgIpc) is 3.16. The zero-order valence-electron chi connectivity index (χ0n) is 12.0. The molecule has 1 heterocycles. The van der Waals surface area contributed by atoms with E-state index in [1.54, 1.807) is 0 Å². The van der Waals surface area contributed by atoms with Crippen LogP contribution in [0.3, 0.4) is 0 Å². The van der Waals surface area contributed by atoms with Crippen molar-refractivity contribution in [2.45, 2.75) is 44.8 Å². The van der Waals surface area contributed by atoms with Crippen LogP contribution in [0.25, 0.3) is 0 Å². The number of nitrogens with one attached hydrogen (secondary N) is 1. The lowest BCUT2D eigenvalue weighted by Crippen LogP contribution is -2.38. The highest BCUT2D eigenvalue weighted by molar-refractivity contribution is 5.39. The maximum atomic E-state index is 5.53. The number of benzene rings is 1. The average molecular weight is 260 g/mol. The van der Waals surface area contributed by atoms with Gasteiger partial charge in [0.2, 0.25) is 0 Å². The van der Waals surface area contributed by atoms with E-state index in [9.17, 15) is 0 Å². The minimum atomic E-state index is 0.616. The molecule has 2 aliphatic rings. The first-order chi connectivity index (χ1) is 9.24. The zero-order valence-corrected chi connectivity index (χ0v) is 12.0. The van der Waals surface area contributed by atoms with Crippen LogP contribution < -0.4 is 10.1 Å². The molecule has 0 amide bonds. The Bertz CT molecular complexity index is 442. The van der Waals surface area contributed by atoms with Gasteiger partial charge in [0.25, 0.3) is 0 Å². The van der Waals surface area contributed by atoms with E-state index in [4.69, 9.17) is 4.74 Å². The molecule has 0 spiro atoms. The van der Waals surface area contributed by atoms with E-state index in [0.29, 0.717) is 6.04 Å². The van der Waals surface area contributed by atoms with Crippen LogP contribution in [0.4, 0.5) is 0 Å². The molecule has 3 heteroatoms. The van der Waals surface area contributed by atoms with Gasteiger partial charge in [0.05, 0.1) is 6.61 Å². The molecule has 3 nitrogen and oxygen atoms in total. The minimum absolute atomic E-state index is 0.616. The number of nitrogens with zero attached hydrogens (tertiary/aromatic N) is 1. The first kappa shape index (κ1) is 12.9. The third-order valence-corrected chi connectivity index (χ3v) is 4.34. The number of hydrogen-bond acceptors (Lipinski definition) is 3. The molecule has 1 fully saturated rings. The van der Waals surface area contributed by atoms with Gasteiger partial charge in [-0.15, -0.1) is 0 Å². The van der Waals surface area contributed by atoms with Gasteiger partial charge >= 0.3 is 0 Å². The number of rotatable bonds is 6. The third-order valence-electron chi connectivity index (χ3n) is 4.34. The molecule has 1 aliphatic heterocycles.